The maximum atomic E-state index is 13.0. The molecule has 0 radical (unpaired) electrons. The van der Waals surface area contributed by atoms with E-state index < -0.39 is 53.0 Å². The minimum absolute atomic E-state index is 0.0458. The molecule has 6 N–H and O–H groups in total. The largest absolute Gasteiger partial charge is 0.484 e. The molecule has 0 spiro atoms. The van der Waals surface area contributed by atoms with Crippen LogP contribution in [0.5, 0.6) is 5.75 Å². The highest BCUT2D eigenvalue weighted by atomic mass is 32.1. The monoisotopic (exact) mass is 777 g/mol. The van der Waals surface area contributed by atoms with Gasteiger partial charge in [0.25, 0.3) is 17.4 Å². The molecule has 2 aromatic carbocycles. The number of benzene rings is 2. The van der Waals surface area contributed by atoms with Crippen LogP contribution in [0.2, 0.25) is 0 Å². The number of carbonyl (C=O) groups is 4. The van der Waals surface area contributed by atoms with E-state index in [0.717, 1.165) is 6.07 Å². The number of isothiocyanates is 1. The van der Waals surface area contributed by atoms with Crippen LogP contribution in [0, 0.1) is 0 Å². The Balaban J connectivity index is 1.17. The summed E-state index contributed by atoms with van der Waals surface area (Å²) < 4.78 is 8.32. The van der Waals surface area contributed by atoms with Gasteiger partial charge in [-0.05, 0) is 73.7 Å². The molecule has 4 aromatic rings. The molecule has 1 aliphatic rings. The van der Waals surface area contributed by atoms with E-state index in [4.69, 9.17) is 17.0 Å². The highest BCUT2D eigenvalue weighted by molar-refractivity contribution is 7.80. The Morgan fingerprint density at radius 2 is 1.74 bits per heavy atom. The van der Waals surface area contributed by atoms with Gasteiger partial charge >= 0.3 is 11.7 Å². The van der Waals surface area contributed by atoms with Gasteiger partial charge in [0.1, 0.15) is 23.2 Å². The number of aromatic carboxylic acids is 1. The standard InChI is InChI=1S/C34H35N9O9S2/c1-3-11-41-29-26(31(48)42(12-4-2)34(41)51)39-28(40-29)18-5-7-20(8-6-18)52-16-24(45)35-9-10-36-33(54)38-22-14-19(37-17-53)13-21(32(49)50)27(22)43-25(46)15-23(44)30(43)47/h5-8,13-14,23,44H,3-4,9-12,15-16H2,1-2H3,(H,35,45)(H,39,40)(H,49,50)(H2,36,38,54). The highest BCUT2D eigenvalue weighted by Gasteiger charge is 2.41. The second-order valence-electron chi connectivity index (χ2n) is 11.9. The van der Waals surface area contributed by atoms with Gasteiger partial charge in [-0.15, -0.1) is 0 Å². The van der Waals surface area contributed by atoms with Gasteiger partial charge in [0, 0.05) is 31.7 Å². The van der Waals surface area contributed by atoms with Crippen LogP contribution in [-0.4, -0.2) is 89.1 Å². The summed E-state index contributed by atoms with van der Waals surface area (Å²) in [7, 11) is 0. The van der Waals surface area contributed by atoms with Gasteiger partial charge in [0.05, 0.1) is 34.2 Å². The van der Waals surface area contributed by atoms with Crippen LogP contribution in [0.25, 0.3) is 22.6 Å². The third-order valence-corrected chi connectivity index (χ3v) is 8.42. The summed E-state index contributed by atoms with van der Waals surface area (Å²) in [6.45, 7) is 4.42. The van der Waals surface area contributed by atoms with E-state index in [1.54, 1.807) is 24.3 Å². The van der Waals surface area contributed by atoms with Crippen LogP contribution in [0.15, 0.2) is 51.0 Å². The predicted molar refractivity (Wildman–Crippen MR) is 205 cm³/mol. The molecule has 0 saturated carbocycles. The molecule has 282 valence electrons. The first kappa shape index (κ1) is 39.1. The van der Waals surface area contributed by atoms with Gasteiger partial charge in [-0.1, -0.05) is 13.8 Å². The van der Waals surface area contributed by atoms with E-state index in [2.05, 4.69) is 48.3 Å². The molecule has 0 aliphatic carbocycles. The number of aryl methyl sites for hydroxylation is 1. The number of imide groups is 1. The van der Waals surface area contributed by atoms with Crippen molar-refractivity contribution in [2.45, 2.75) is 52.3 Å². The SMILES string of the molecule is CCCn1c(=O)c2[nH]c(-c3ccc(OCC(=O)NCCNC(=S)Nc4cc(N=C=S)cc(C(=O)O)c4N4C(=O)CC(O)C4=O)cc3)nc2n(CCC)c1=O. The van der Waals surface area contributed by atoms with Gasteiger partial charge in [-0.2, -0.15) is 4.99 Å². The molecule has 18 nitrogen and oxygen atoms in total. The number of hydrogen-bond acceptors (Lipinski definition) is 12. The molecule has 1 aliphatic heterocycles. The number of ether oxygens (including phenoxy) is 1. The normalized spacial score (nSPS) is 13.8. The Hall–Kier alpha value is -6.08. The Labute approximate surface area is 316 Å². The number of anilines is 2. The number of aromatic amines is 1. The number of fused-ring (bicyclic) bond motifs is 1. The molecule has 1 saturated heterocycles. The van der Waals surface area contributed by atoms with Crippen molar-refractivity contribution in [3.63, 3.8) is 0 Å². The minimum Gasteiger partial charge on any atom is -0.484 e. The Morgan fingerprint density at radius 3 is 2.37 bits per heavy atom. The van der Waals surface area contributed by atoms with Crippen LogP contribution >= 0.6 is 24.4 Å². The van der Waals surface area contributed by atoms with Crippen molar-refractivity contribution in [3.05, 3.63) is 62.8 Å². The van der Waals surface area contributed by atoms with E-state index in [1.165, 1.54) is 15.2 Å². The summed E-state index contributed by atoms with van der Waals surface area (Å²) in [5, 5.41) is 30.1. The Kier molecular flexibility index (Phi) is 12.4. The number of carbonyl (C=O) groups excluding carboxylic acids is 3. The van der Waals surface area contributed by atoms with Crippen LogP contribution in [0.3, 0.4) is 0 Å². The lowest BCUT2D eigenvalue weighted by Crippen LogP contribution is -2.40. The van der Waals surface area contributed by atoms with Crippen molar-refractivity contribution >= 4 is 86.6 Å². The van der Waals surface area contributed by atoms with Gasteiger partial charge in [0.2, 0.25) is 5.91 Å². The molecular formula is C34H35N9O9S2. The number of rotatable bonds is 15. The Bertz CT molecular complexity index is 2310. The summed E-state index contributed by atoms with van der Waals surface area (Å²) in [6, 6.07) is 9.08. The fraction of sp³-hybridized carbons (Fsp3) is 0.324. The number of aliphatic hydroxyl groups is 1. The molecule has 3 heterocycles. The number of aromatic nitrogens is 4. The molecule has 1 unspecified atom stereocenters. The van der Waals surface area contributed by atoms with E-state index in [1.807, 2.05) is 13.8 Å². The van der Waals surface area contributed by atoms with E-state index >= 15 is 0 Å². The number of thiocarbonyl (C=S) groups is 2. The second kappa shape index (κ2) is 17.2. The predicted octanol–water partition coefficient (Wildman–Crippen LogP) is 1.91. The molecule has 1 fully saturated rings. The van der Waals surface area contributed by atoms with Crippen LogP contribution in [0.4, 0.5) is 17.1 Å². The van der Waals surface area contributed by atoms with Crippen LogP contribution in [0.1, 0.15) is 43.5 Å². The van der Waals surface area contributed by atoms with Crippen LogP contribution in [-0.2, 0) is 27.5 Å². The number of hydrogen-bond donors (Lipinski definition) is 6. The van der Waals surface area contributed by atoms with Crippen molar-refractivity contribution in [2.24, 2.45) is 4.99 Å². The molecular weight excluding hydrogens is 743 g/mol. The lowest BCUT2D eigenvalue weighted by molar-refractivity contribution is -0.124. The molecule has 5 rings (SSSR count). The fourth-order valence-corrected chi connectivity index (χ4v) is 6.01. The van der Waals surface area contributed by atoms with Crippen molar-refractivity contribution in [1.82, 2.24) is 29.7 Å². The molecule has 20 heteroatoms. The number of carboxylic acid groups (broad SMARTS) is 1. The first-order valence-electron chi connectivity index (χ1n) is 16.7. The van der Waals surface area contributed by atoms with Gasteiger partial charge in [-0.3, -0.25) is 28.3 Å². The third-order valence-electron chi connectivity index (χ3n) is 8.08. The maximum absolute atomic E-state index is 13.0. The van der Waals surface area contributed by atoms with E-state index in [-0.39, 0.29) is 53.0 Å². The molecule has 1 atom stereocenters. The average molecular weight is 778 g/mol. The van der Waals surface area contributed by atoms with E-state index in [9.17, 15) is 39.0 Å². The number of aliphatic imine (C=N–C) groups is 1. The molecule has 0 bridgehead atoms. The first-order chi connectivity index (χ1) is 25.9. The third kappa shape index (κ3) is 8.42. The topological polar surface area (TPSA) is 242 Å². The summed E-state index contributed by atoms with van der Waals surface area (Å²) in [5.74, 6) is -2.95. The molecule has 2 aromatic heterocycles. The van der Waals surface area contributed by atoms with Crippen LogP contribution < -0.4 is 36.8 Å². The molecule has 3 amide bonds. The quantitative estimate of drug-likeness (QED) is 0.0438. The van der Waals surface area contributed by atoms with Gasteiger partial charge < -0.3 is 35.9 Å². The summed E-state index contributed by atoms with van der Waals surface area (Å²) in [4.78, 5) is 87.8. The Morgan fingerprint density at radius 1 is 1.06 bits per heavy atom. The zero-order chi connectivity index (χ0) is 39.1. The number of amides is 3. The number of imidazole rings is 1. The zero-order valence-electron chi connectivity index (χ0n) is 29.0. The first-order valence-corrected chi connectivity index (χ1v) is 17.5. The minimum atomic E-state index is -1.63. The number of carboxylic acids is 1. The maximum Gasteiger partial charge on any atom is 0.337 e. The van der Waals surface area contributed by atoms with Crippen molar-refractivity contribution in [2.75, 3.05) is 29.9 Å². The second-order valence-corrected chi connectivity index (χ2v) is 12.5. The van der Waals surface area contributed by atoms with Crippen molar-refractivity contribution in [3.8, 4) is 17.1 Å². The van der Waals surface area contributed by atoms with Gasteiger partial charge in [0.15, 0.2) is 17.4 Å². The summed E-state index contributed by atoms with van der Waals surface area (Å²) >= 11 is 9.95. The van der Waals surface area contributed by atoms with Crippen molar-refractivity contribution < 1.29 is 34.1 Å². The summed E-state index contributed by atoms with van der Waals surface area (Å²) in [5.41, 5.74) is -0.507. The molecule has 54 heavy (non-hydrogen) atoms. The lowest BCUT2D eigenvalue weighted by atomic mass is 10.1. The fourth-order valence-electron chi connectivity index (χ4n) is 5.69. The number of aliphatic hydroxyl groups excluding tert-OH is 1. The summed E-state index contributed by atoms with van der Waals surface area (Å²) in [6.07, 6.45) is -0.851. The number of nitrogens with zero attached hydrogens (tertiary/aromatic N) is 5. The smallest absolute Gasteiger partial charge is 0.337 e. The average Bonchev–Trinajstić information content (AvgIpc) is 3.69. The van der Waals surface area contributed by atoms with E-state index in [0.29, 0.717) is 48.0 Å². The zero-order valence-corrected chi connectivity index (χ0v) is 30.6. The lowest BCUT2D eigenvalue weighted by Gasteiger charge is -2.22. The number of nitrogens with one attached hydrogen (secondary N) is 4. The number of H-pyrrole nitrogens is 1. The van der Waals surface area contributed by atoms with Gasteiger partial charge in [-0.25, -0.2) is 19.5 Å². The highest BCUT2D eigenvalue weighted by Crippen LogP contribution is 2.38. The van der Waals surface area contributed by atoms with Crippen molar-refractivity contribution in [1.29, 1.82) is 0 Å².